The molecule has 0 radical (unpaired) electrons. The van der Waals surface area contributed by atoms with Crippen LogP contribution in [0.3, 0.4) is 0 Å². The second-order valence-electron chi connectivity index (χ2n) is 6.52. The summed E-state index contributed by atoms with van der Waals surface area (Å²) < 4.78 is 13.0. The second kappa shape index (κ2) is 4.09. The molecule has 0 amide bonds. The van der Waals surface area contributed by atoms with Crippen LogP contribution >= 0.6 is 0 Å². The number of hydrogen-bond acceptors (Lipinski definition) is 1. The fraction of sp³-hybridized carbons (Fsp3) is 0.600. The lowest BCUT2D eigenvalue weighted by molar-refractivity contribution is 0.107. The van der Waals surface area contributed by atoms with Crippen molar-refractivity contribution in [3.63, 3.8) is 0 Å². The first-order valence-corrected chi connectivity index (χ1v) is 6.36. The summed E-state index contributed by atoms with van der Waals surface area (Å²) in [5.41, 5.74) is 7.61. The van der Waals surface area contributed by atoms with Gasteiger partial charge in [-0.2, -0.15) is 0 Å². The van der Waals surface area contributed by atoms with Gasteiger partial charge in [0, 0.05) is 5.54 Å². The van der Waals surface area contributed by atoms with Crippen molar-refractivity contribution in [3.8, 4) is 0 Å². The highest BCUT2D eigenvalue weighted by atomic mass is 19.1. The van der Waals surface area contributed by atoms with Gasteiger partial charge in [0.15, 0.2) is 0 Å². The van der Waals surface area contributed by atoms with Crippen molar-refractivity contribution in [2.75, 3.05) is 0 Å². The van der Waals surface area contributed by atoms with E-state index in [1.54, 1.807) is 0 Å². The van der Waals surface area contributed by atoms with E-state index in [1.165, 1.54) is 18.6 Å². The topological polar surface area (TPSA) is 26.0 Å². The summed E-state index contributed by atoms with van der Waals surface area (Å²) in [6.07, 6.45) is 3.17. The predicted octanol–water partition coefficient (Wildman–Crippen LogP) is 3.83. The smallest absolute Gasteiger partial charge is 0.123 e. The minimum atomic E-state index is -0.297. The molecule has 0 aromatic heterocycles. The van der Waals surface area contributed by atoms with Crippen LogP contribution in [0.15, 0.2) is 24.3 Å². The van der Waals surface area contributed by atoms with Crippen LogP contribution < -0.4 is 5.73 Å². The summed E-state index contributed by atoms with van der Waals surface area (Å²) in [5.74, 6) is 0.425. The zero-order valence-corrected chi connectivity index (χ0v) is 11.0. The summed E-state index contributed by atoms with van der Waals surface area (Å²) in [6, 6.07) is 6.69. The first-order chi connectivity index (χ1) is 7.81. The van der Waals surface area contributed by atoms with Gasteiger partial charge in [0.1, 0.15) is 5.82 Å². The average Bonchev–Trinajstić information content (AvgIpc) is 2.14. The quantitative estimate of drug-likeness (QED) is 0.786. The van der Waals surface area contributed by atoms with Gasteiger partial charge < -0.3 is 5.73 Å². The molecule has 1 aliphatic rings. The predicted molar refractivity (Wildman–Crippen MR) is 69.1 cm³/mol. The molecule has 0 bridgehead atoms. The number of hydrogen-bond donors (Lipinski definition) is 1. The van der Waals surface area contributed by atoms with Crippen LogP contribution in [-0.2, 0) is 5.54 Å². The summed E-state index contributed by atoms with van der Waals surface area (Å²) in [5, 5.41) is 0. The maximum Gasteiger partial charge on any atom is 0.123 e. The Morgan fingerprint density at radius 2 is 1.76 bits per heavy atom. The highest BCUT2D eigenvalue weighted by Gasteiger charge is 2.41. The van der Waals surface area contributed by atoms with Gasteiger partial charge in [0.25, 0.3) is 0 Å². The van der Waals surface area contributed by atoms with Crippen molar-refractivity contribution in [2.45, 2.75) is 45.6 Å². The van der Waals surface area contributed by atoms with E-state index in [9.17, 15) is 4.39 Å². The molecule has 0 heterocycles. The Bertz CT molecular complexity index is 396. The fourth-order valence-corrected chi connectivity index (χ4v) is 3.64. The molecule has 0 saturated heterocycles. The Balaban J connectivity index is 2.31. The van der Waals surface area contributed by atoms with E-state index in [0.29, 0.717) is 5.92 Å². The highest BCUT2D eigenvalue weighted by Crippen LogP contribution is 2.47. The monoisotopic (exact) mass is 235 g/mol. The zero-order valence-electron chi connectivity index (χ0n) is 11.0. The normalized spacial score (nSPS) is 32.4. The molecule has 1 nitrogen and oxygen atoms in total. The molecule has 17 heavy (non-hydrogen) atoms. The van der Waals surface area contributed by atoms with Gasteiger partial charge in [0.05, 0.1) is 0 Å². The summed E-state index contributed by atoms with van der Waals surface area (Å²) in [4.78, 5) is 0. The van der Waals surface area contributed by atoms with Gasteiger partial charge in [-0.15, -0.1) is 0 Å². The SMILES string of the molecule is CC1CC(C)(C)CC(N)(c2ccc(F)cc2)C1. The van der Waals surface area contributed by atoms with Crippen molar-refractivity contribution in [1.82, 2.24) is 0 Å². The van der Waals surface area contributed by atoms with E-state index in [2.05, 4.69) is 20.8 Å². The molecule has 2 atom stereocenters. The van der Waals surface area contributed by atoms with Gasteiger partial charge >= 0.3 is 0 Å². The lowest BCUT2D eigenvalue weighted by Gasteiger charge is -2.46. The van der Waals surface area contributed by atoms with Crippen molar-refractivity contribution in [2.24, 2.45) is 17.1 Å². The van der Waals surface area contributed by atoms with Crippen molar-refractivity contribution in [1.29, 1.82) is 0 Å². The molecule has 1 aromatic carbocycles. The van der Waals surface area contributed by atoms with Crippen LogP contribution in [0, 0.1) is 17.2 Å². The largest absolute Gasteiger partial charge is 0.321 e. The highest BCUT2D eigenvalue weighted by molar-refractivity contribution is 5.26. The maximum absolute atomic E-state index is 13.0. The van der Waals surface area contributed by atoms with Crippen LogP contribution in [0.5, 0.6) is 0 Å². The van der Waals surface area contributed by atoms with E-state index < -0.39 is 0 Å². The average molecular weight is 235 g/mol. The standard InChI is InChI=1S/C15H22FN/c1-11-8-14(2,3)10-15(17,9-11)12-4-6-13(16)7-5-12/h4-7,11H,8-10,17H2,1-3H3. The molecule has 2 N–H and O–H groups in total. The number of benzene rings is 1. The van der Waals surface area contributed by atoms with Crippen LogP contribution in [0.4, 0.5) is 4.39 Å². The maximum atomic E-state index is 13.0. The summed E-state index contributed by atoms with van der Waals surface area (Å²) >= 11 is 0. The molecule has 1 saturated carbocycles. The Kier molecular flexibility index (Phi) is 3.03. The van der Waals surface area contributed by atoms with Gasteiger partial charge in [-0.3, -0.25) is 0 Å². The zero-order chi connectivity index (χ0) is 12.7. The van der Waals surface area contributed by atoms with Gasteiger partial charge in [-0.25, -0.2) is 4.39 Å². The minimum absolute atomic E-state index is 0.194. The molecule has 94 valence electrons. The molecule has 0 spiro atoms. The minimum Gasteiger partial charge on any atom is -0.321 e. The van der Waals surface area contributed by atoms with Crippen molar-refractivity contribution < 1.29 is 4.39 Å². The van der Waals surface area contributed by atoms with Crippen molar-refractivity contribution >= 4 is 0 Å². The van der Waals surface area contributed by atoms with Crippen LogP contribution in [0.1, 0.15) is 45.6 Å². The second-order valence-corrected chi connectivity index (χ2v) is 6.52. The third-order valence-electron chi connectivity index (χ3n) is 3.83. The third kappa shape index (κ3) is 2.68. The molecule has 1 fully saturated rings. The Labute approximate surface area is 103 Å². The molecular formula is C15H22FN. The van der Waals surface area contributed by atoms with E-state index >= 15 is 0 Å². The van der Waals surface area contributed by atoms with E-state index in [4.69, 9.17) is 5.73 Å². The van der Waals surface area contributed by atoms with Crippen molar-refractivity contribution in [3.05, 3.63) is 35.6 Å². The molecule has 2 heteroatoms. The number of halogens is 1. The summed E-state index contributed by atoms with van der Waals surface area (Å²) in [6.45, 7) is 6.80. The number of nitrogens with two attached hydrogens (primary N) is 1. The lowest BCUT2D eigenvalue weighted by Crippen LogP contribution is -2.46. The molecule has 2 unspecified atom stereocenters. The molecule has 1 aliphatic carbocycles. The van der Waals surface area contributed by atoms with E-state index in [1.807, 2.05) is 12.1 Å². The third-order valence-corrected chi connectivity index (χ3v) is 3.83. The van der Waals surface area contributed by atoms with Gasteiger partial charge in [0.2, 0.25) is 0 Å². The Hall–Kier alpha value is -0.890. The van der Waals surface area contributed by atoms with Crippen LogP contribution in [-0.4, -0.2) is 0 Å². The van der Waals surface area contributed by atoms with Crippen LogP contribution in [0.2, 0.25) is 0 Å². The summed E-state index contributed by atoms with van der Waals surface area (Å²) in [7, 11) is 0. The fourth-order valence-electron chi connectivity index (χ4n) is 3.64. The molecular weight excluding hydrogens is 213 g/mol. The van der Waals surface area contributed by atoms with Gasteiger partial charge in [-0.1, -0.05) is 32.9 Å². The molecule has 1 aromatic rings. The van der Waals surface area contributed by atoms with Crippen LogP contribution in [0.25, 0.3) is 0 Å². The first kappa shape index (κ1) is 12.6. The molecule has 2 rings (SSSR count). The van der Waals surface area contributed by atoms with E-state index in [-0.39, 0.29) is 16.8 Å². The Morgan fingerprint density at radius 1 is 1.18 bits per heavy atom. The van der Waals surface area contributed by atoms with Gasteiger partial charge in [-0.05, 0) is 48.3 Å². The Morgan fingerprint density at radius 3 is 2.29 bits per heavy atom. The number of rotatable bonds is 1. The first-order valence-electron chi connectivity index (χ1n) is 6.36. The lowest BCUT2D eigenvalue weighted by atomic mass is 9.62. The molecule has 0 aliphatic heterocycles. The van der Waals surface area contributed by atoms with E-state index in [0.717, 1.165) is 18.4 Å².